The molecule has 5 heterocycles. The second-order valence-corrected chi connectivity index (χ2v) is 18.7. The molecule has 5 heteroatoms. The summed E-state index contributed by atoms with van der Waals surface area (Å²) in [5.41, 5.74) is 11.7. The van der Waals surface area contributed by atoms with Gasteiger partial charge in [-0.1, -0.05) is 196 Å². The van der Waals surface area contributed by atoms with Crippen molar-refractivity contribution in [3.05, 3.63) is 88.2 Å². The molecule has 3 aromatic rings. The molecule has 0 amide bonds. The lowest BCUT2D eigenvalue weighted by Gasteiger charge is -2.40. The molecule has 0 N–H and O–H groups in total. The van der Waals surface area contributed by atoms with Crippen molar-refractivity contribution in [1.82, 2.24) is 4.98 Å². The highest BCUT2D eigenvalue weighted by Gasteiger charge is 2.39. The number of benzene rings is 2. The number of nitrogens with zero attached hydrogens (tertiary/aromatic N) is 3. The van der Waals surface area contributed by atoms with E-state index in [-0.39, 0.29) is 0 Å². The highest BCUT2D eigenvalue weighted by Crippen LogP contribution is 2.49. The first kappa shape index (κ1) is 39.3. The number of fused-ring (bicyclic) bond motifs is 4. The van der Waals surface area contributed by atoms with Crippen molar-refractivity contribution >= 4 is 36.2 Å². The number of aliphatic imine (C=N–C) groups is 2. The standard InChI is InChI=1S/C49H69B2N3/c1-34(2)44-28-7-16-38(18-14-32-50-40-20-9-21-41(50)23-10-22-40)48(44)52-36(5)46-30-13-31-47(54-46)37(6)53-49-39(17-8-29-45(49)35(3)4)19-15-33-51-42-24-11-25-43(51)27-12-26-42/h7-8,13,16-17,28-31,34-35,40-43H,9-12,14-15,18-27,32-33H2,1-6H3. The van der Waals surface area contributed by atoms with Crippen LogP contribution in [-0.4, -0.2) is 29.8 Å². The van der Waals surface area contributed by atoms with Crippen LogP contribution in [0.25, 0.3) is 0 Å². The van der Waals surface area contributed by atoms with E-state index in [1.54, 1.807) is 0 Å². The number of para-hydroxylation sites is 2. The maximum absolute atomic E-state index is 5.42. The zero-order valence-electron chi connectivity index (χ0n) is 34.9. The molecule has 0 aliphatic carbocycles. The van der Waals surface area contributed by atoms with Crippen LogP contribution in [0.4, 0.5) is 11.4 Å². The summed E-state index contributed by atoms with van der Waals surface area (Å²) < 4.78 is 0. The Balaban J connectivity index is 1.09. The van der Waals surface area contributed by atoms with Gasteiger partial charge in [0.05, 0.1) is 34.2 Å². The zero-order chi connectivity index (χ0) is 37.6. The van der Waals surface area contributed by atoms with Gasteiger partial charge in [-0.3, -0.25) is 9.98 Å². The lowest BCUT2D eigenvalue weighted by Crippen LogP contribution is -2.34. The third kappa shape index (κ3) is 9.19. The smallest absolute Gasteiger partial charge is 0.146 e. The van der Waals surface area contributed by atoms with Crippen molar-refractivity contribution in [2.45, 2.75) is 192 Å². The second kappa shape index (κ2) is 18.3. The summed E-state index contributed by atoms with van der Waals surface area (Å²) in [6, 6.07) is 20.2. The van der Waals surface area contributed by atoms with Gasteiger partial charge in [0.1, 0.15) is 13.4 Å². The first-order valence-corrected chi connectivity index (χ1v) is 22.6. The first-order valence-electron chi connectivity index (χ1n) is 22.6. The van der Waals surface area contributed by atoms with Gasteiger partial charge in [0.25, 0.3) is 0 Å². The quantitative estimate of drug-likeness (QED) is 0.121. The van der Waals surface area contributed by atoms with E-state index in [1.807, 2.05) is 0 Å². The fraction of sp³-hybridized carbons (Fsp3) is 0.612. The highest BCUT2D eigenvalue weighted by molar-refractivity contribution is 6.63. The predicted molar refractivity (Wildman–Crippen MR) is 237 cm³/mol. The van der Waals surface area contributed by atoms with Gasteiger partial charge in [-0.2, -0.15) is 0 Å². The van der Waals surface area contributed by atoms with Gasteiger partial charge in [-0.15, -0.1) is 0 Å². The van der Waals surface area contributed by atoms with E-state index in [0.717, 1.165) is 72.3 Å². The molecule has 7 rings (SSSR count). The van der Waals surface area contributed by atoms with E-state index >= 15 is 0 Å². The molecule has 4 aliphatic rings. The third-order valence-corrected chi connectivity index (χ3v) is 14.6. The average Bonchev–Trinajstić information content (AvgIpc) is 3.15. The van der Waals surface area contributed by atoms with Crippen LogP contribution in [0.1, 0.15) is 177 Å². The van der Waals surface area contributed by atoms with Crippen molar-refractivity contribution in [2.24, 2.45) is 9.98 Å². The molecule has 0 saturated carbocycles. The van der Waals surface area contributed by atoms with E-state index < -0.39 is 0 Å². The van der Waals surface area contributed by atoms with Crippen LogP contribution in [-0.2, 0) is 12.8 Å². The second-order valence-electron chi connectivity index (χ2n) is 18.7. The maximum Gasteiger partial charge on any atom is 0.146 e. The number of aryl methyl sites for hydroxylation is 2. The van der Waals surface area contributed by atoms with Gasteiger partial charge in [0.15, 0.2) is 0 Å². The molecule has 1 aromatic heterocycles. The fourth-order valence-electron chi connectivity index (χ4n) is 11.7. The predicted octanol–water partition coefficient (Wildman–Crippen LogP) is 14.7. The minimum atomic E-state index is 0.417. The third-order valence-electron chi connectivity index (χ3n) is 14.6. The summed E-state index contributed by atoms with van der Waals surface area (Å²) in [6.07, 6.45) is 25.2. The van der Waals surface area contributed by atoms with Crippen molar-refractivity contribution in [3.8, 4) is 0 Å². The first-order chi connectivity index (χ1) is 26.3. The lowest BCUT2D eigenvalue weighted by molar-refractivity contribution is 0.440. The number of pyridine rings is 1. The van der Waals surface area contributed by atoms with E-state index in [2.05, 4.69) is 96.1 Å². The Bertz CT molecular complexity index is 1610. The summed E-state index contributed by atoms with van der Waals surface area (Å²) in [6.45, 7) is 15.4. The Kier molecular flexibility index (Phi) is 13.3. The monoisotopic (exact) mass is 722 g/mol. The van der Waals surface area contributed by atoms with Gasteiger partial charge in [0.2, 0.25) is 0 Å². The molecule has 0 unspecified atom stereocenters. The molecule has 0 radical (unpaired) electrons. The topological polar surface area (TPSA) is 37.6 Å². The molecule has 4 saturated heterocycles. The van der Waals surface area contributed by atoms with Gasteiger partial charge >= 0.3 is 0 Å². The van der Waals surface area contributed by atoms with Crippen molar-refractivity contribution in [3.63, 3.8) is 0 Å². The number of aromatic nitrogens is 1. The molecule has 4 bridgehead atoms. The molecule has 4 aliphatic heterocycles. The summed E-state index contributed by atoms with van der Waals surface area (Å²) in [5.74, 6) is 4.78. The van der Waals surface area contributed by atoms with Crippen molar-refractivity contribution in [2.75, 3.05) is 0 Å². The molecular formula is C49H69B2N3. The van der Waals surface area contributed by atoms with E-state index in [0.29, 0.717) is 11.8 Å². The Labute approximate surface area is 330 Å². The largest absolute Gasteiger partial charge is 0.251 e. The number of rotatable bonds is 14. The maximum atomic E-state index is 5.42. The van der Waals surface area contributed by atoms with Crippen molar-refractivity contribution < 1.29 is 0 Å². The van der Waals surface area contributed by atoms with Gasteiger partial charge in [-0.05, 0) is 72.9 Å². The fourth-order valence-corrected chi connectivity index (χ4v) is 11.7. The molecule has 2 aromatic carbocycles. The van der Waals surface area contributed by atoms with Gasteiger partial charge in [-0.25, -0.2) is 4.98 Å². The Morgan fingerprint density at radius 1 is 0.556 bits per heavy atom. The molecular weight excluding hydrogens is 652 g/mol. The summed E-state index contributed by atoms with van der Waals surface area (Å²) in [7, 11) is 0. The Hall–Kier alpha value is -2.94. The minimum absolute atomic E-state index is 0.417. The Morgan fingerprint density at radius 2 is 0.907 bits per heavy atom. The van der Waals surface area contributed by atoms with Crippen LogP contribution in [0.15, 0.2) is 64.6 Å². The summed E-state index contributed by atoms with van der Waals surface area (Å²) in [4.78, 5) is 16.1. The van der Waals surface area contributed by atoms with Crippen LogP contribution >= 0.6 is 0 Å². The van der Waals surface area contributed by atoms with Gasteiger partial charge in [0, 0.05) is 0 Å². The zero-order valence-corrected chi connectivity index (χ0v) is 34.9. The highest BCUT2D eigenvalue weighted by atomic mass is 14.8. The van der Waals surface area contributed by atoms with Crippen LogP contribution in [0, 0.1) is 0 Å². The molecule has 54 heavy (non-hydrogen) atoms. The lowest BCUT2D eigenvalue weighted by atomic mass is 9.26. The van der Waals surface area contributed by atoms with Crippen LogP contribution in [0.2, 0.25) is 35.9 Å². The van der Waals surface area contributed by atoms with Crippen molar-refractivity contribution in [1.29, 1.82) is 0 Å². The van der Waals surface area contributed by atoms with E-state index in [4.69, 9.17) is 15.0 Å². The van der Waals surface area contributed by atoms with Crippen LogP contribution < -0.4 is 0 Å². The number of hydrogen-bond acceptors (Lipinski definition) is 3. The SMILES string of the molecule is CC(=Nc1c(CCCB2C3CCCC2CCC3)cccc1C(C)C)c1cccc(C(C)=Nc2c(CCCB3C4CCCC3CCC4)cccc2C(C)C)n1. The normalized spacial score (nSPS) is 23.4. The summed E-state index contributed by atoms with van der Waals surface area (Å²) >= 11 is 0. The van der Waals surface area contributed by atoms with Crippen LogP contribution in [0.3, 0.4) is 0 Å². The van der Waals surface area contributed by atoms with Crippen LogP contribution in [0.5, 0.6) is 0 Å². The summed E-state index contributed by atoms with van der Waals surface area (Å²) in [5, 5.41) is 0. The molecule has 0 atom stereocenters. The van der Waals surface area contributed by atoms with E-state index in [1.165, 1.54) is 136 Å². The molecule has 4 fully saturated rings. The molecule has 0 spiro atoms. The van der Waals surface area contributed by atoms with Gasteiger partial charge < -0.3 is 0 Å². The number of hydrogen-bond donors (Lipinski definition) is 0. The average molecular weight is 722 g/mol. The van der Waals surface area contributed by atoms with E-state index in [9.17, 15) is 0 Å². The molecule has 286 valence electrons. The Morgan fingerprint density at radius 3 is 1.26 bits per heavy atom. The molecule has 3 nitrogen and oxygen atoms in total. The minimum Gasteiger partial charge on any atom is -0.251 e.